The van der Waals surface area contributed by atoms with E-state index in [0.717, 1.165) is 74.8 Å². The lowest BCUT2D eigenvalue weighted by Crippen LogP contribution is -2.47. The highest BCUT2D eigenvalue weighted by atomic mass is 32.2. The number of hydrogen-bond acceptors (Lipinski definition) is 8. The predicted octanol–water partition coefficient (Wildman–Crippen LogP) is 9.88. The van der Waals surface area contributed by atoms with E-state index < -0.39 is 23.1 Å². The van der Waals surface area contributed by atoms with Gasteiger partial charge in [-0.1, -0.05) is 91.6 Å². The summed E-state index contributed by atoms with van der Waals surface area (Å²) < 4.78 is 13.1. The van der Waals surface area contributed by atoms with Crippen molar-refractivity contribution in [1.29, 1.82) is 0 Å². The standard InChI is InChI=1S/C43H38O5S3/c1-25(2)40(45)47-42(37-15-9-21-49-37)31-12-6-5-11-29(31)39(44)30-23-27(17-19-32(30)42)28-18-20-34-36(24-28)51-35-14-8-7-13-33(35)43(34,38-16-10-22-50-38)48-41(46)26(3)4/h5-8,11-14,17-20,23-24,37-38H,1,3,9-10,15-16,21-22H2,2,4H3. The average molecular weight is 731 g/mol. The van der Waals surface area contributed by atoms with E-state index in [1.54, 1.807) is 37.4 Å². The molecule has 3 heterocycles. The third kappa shape index (κ3) is 5.44. The van der Waals surface area contributed by atoms with Crippen molar-refractivity contribution in [2.24, 2.45) is 0 Å². The molecule has 8 rings (SSSR count). The van der Waals surface area contributed by atoms with Crippen molar-refractivity contribution in [3.63, 3.8) is 0 Å². The summed E-state index contributed by atoms with van der Waals surface area (Å²) in [5.41, 5.74) is 4.93. The molecule has 1 aliphatic carbocycles. The van der Waals surface area contributed by atoms with Gasteiger partial charge in [0, 0.05) is 54.3 Å². The fraction of sp³-hybridized carbons (Fsp3) is 0.279. The van der Waals surface area contributed by atoms with Gasteiger partial charge in [-0.15, -0.1) is 0 Å². The van der Waals surface area contributed by atoms with E-state index in [1.165, 1.54) is 0 Å². The monoisotopic (exact) mass is 730 g/mol. The van der Waals surface area contributed by atoms with E-state index >= 15 is 0 Å². The normalized spacial score (nSPS) is 24.5. The Labute approximate surface area is 311 Å². The van der Waals surface area contributed by atoms with Gasteiger partial charge in [-0.25, -0.2) is 9.59 Å². The summed E-state index contributed by atoms with van der Waals surface area (Å²) in [4.78, 5) is 43.2. The quantitative estimate of drug-likeness (QED) is 0.138. The SMILES string of the molecule is C=C(C)C(=O)OC1(C2CCCS2)c2ccccc2Sc2cc(-c3ccc4c(c3)C(=O)c3ccccc3C4(OC(=O)C(=C)C)C3CCCS3)ccc21. The number of ketones is 1. The first-order valence-corrected chi connectivity index (χ1v) is 20.3. The van der Waals surface area contributed by atoms with E-state index in [2.05, 4.69) is 43.5 Å². The van der Waals surface area contributed by atoms with E-state index in [4.69, 9.17) is 9.47 Å². The Morgan fingerprint density at radius 2 is 1.16 bits per heavy atom. The molecule has 51 heavy (non-hydrogen) atoms. The molecule has 2 fully saturated rings. The van der Waals surface area contributed by atoms with Crippen LogP contribution in [0.4, 0.5) is 0 Å². The zero-order valence-electron chi connectivity index (χ0n) is 28.7. The summed E-state index contributed by atoms with van der Waals surface area (Å²) in [5.74, 6) is 1.01. The van der Waals surface area contributed by atoms with E-state index in [1.807, 2.05) is 66.4 Å². The van der Waals surface area contributed by atoms with Crippen LogP contribution < -0.4 is 0 Å². The molecule has 8 heteroatoms. The van der Waals surface area contributed by atoms with Crippen LogP contribution in [0.1, 0.15) is 77.7 Å². The van der Waals surface area contributed by atoms with Crippen molar-refractivity contribution in [1.82, 2.24) is 0 Å². The van der Waals surface area contributed by atoms with Gasteiger partial charge in [0.1, 0.15) is 0 Å². The number of carbonyl (C=O) groups excluding carboxylic acids is 3. The summed E-state index contributed by atoms with van der Waals surface area (Å²) >= 11 is 5.33. The Morgan fingerprint density at radius 3 is 1.76 bits per heavy atom. The molecule has 5 nitrogen and oxygen atoms in total. The maximum Gasteiger partial charge on any atom is 0.334 e. The van der Waals surface area contributed by atoms with Gasteiger partial charge < -0.3 is 9.47 Å². The molecule has 0 radical (unpaired) electrons. The Bertz CT molecular complexity index is 2140. The van der Waals surface area contributed by atoms with E-state index in [-0.39, 0.29) is 16.3 Å². The third-order valence-corrected chi connectivity index (χ3v) is 14.6. The minimum atomic E-state index is -1.13. The number of fused-ring (bicyclic) bond motifs is 4. The fourth-order valence-corrected chi connectivity index (χ4v) is 12.3. The molecule has 258 valence electrons. The van der Waals surface area contributed by atoms with Crippen LogP contribution in [0.25, 0.3) is 11.1 Å². The third-order valence-electron chi connectivity index (χ3n) is 10.4. The number of benzene rings is 4. The molecule has 4 atom stereocenters. The number of carbonyl (C=O) groups is 3. The van der Waals surface area contributed by atoms with Crippen LogP contribution in [0.3, 0.4) is 0 Å². The highest BCUT2D eigenvalue weighted by molar-refractivity contribution is 8.00. The van der Waals surface area contributed by atoms with Crippen LogP contribution in [0.15, 0.2) is 119 Å². The lowest BCUT2D eigenvalue weighted by atomic mass is 9.71. The van der Waals surface area contributed by atoms with Gasteiger partial charge in [-0.05, 0) is 80.4 Å². The van der Waals surface area contributed by atoms with Gasteiger partial charge in [0.25, 0.3) is 0 Å². The van der Waals surface area contributed by atoms with Crippen LogP contribution in [0.2, 0.25) is 0 Å². The first-order chi connectivity index (χ1) is 24.6. The minimum Gasteiger partial charge on any atom is -0.445 e. The van der Waals surface area contributed by atoms with Crippen LogP contribution in [0.5, 0.6) is 0 Å². The summed E-state index contributed by atoms with van der Waals surface area (Å²) in [6, 6.07) is 28.1. The summed E-state index contributed by atoms with van der Waals surface area (Å²) in [6.07, 6.45) is 3.85. The van der Waals surface area contributed by atoms with Crippen LogP contribution in [-0.4, -0.2) is 39.7 Å². The summed E-state index contributed by atoms with van der Waals surface area (Å²) in [5, 5.41) is 0.000679. The molecule has 0 spiro atoms. The average Bonchev–Trinajstić information content (AvgIpc) is 3.89. The van der Waals surface area contributed by atoms with E-state index in [9.17, 15) is 14.4 Å². The van der Waals surface area contributed by atoms with E-state index in [0.29, 0.717) is 27.8 Å². The van der Waals surface area contributed by atoms with Crippen molar-refractivity contribution >= 4 is 53.0 Å². The molecule has 4 unspecified atom stereocenters. The summed E-state index contributed by atoms with van der Waals surface area (Å²) in [7, 11) is 0. The number of ether oxygens (including phenoxy) is 2. The van der Waals surface area contributed by atoms with Crippen LogP contribution in [0, 0.1) is 0 Å². The number of hydrogen-bond donors (Lipinski definition) is 0. The maximum absolute atomic E-state index is 14.3. The minimum absolute atomic E-state index is 0.0524. The molecular formula is C43H38O5S3. The van der Waals surface area contributed by atoms with Crippen LogP contribution in [-0.2, 0) is 30.3 Å². The van der Waals surface area contributed by atoms with Gasteiger partial charge in [0.05, 0.1) is 10.5 Å². The number of rotatable bonds is 7. The van der Waals surface area contributed by atoms with Gasteiger partial charge in [-0.2, -0.15) is 23.5 Å². The molecule has 3 aliphatic heterocycles. The first kappa shape index (κ1) is 34.1. The number of esters is 2. The Kier molecular flexibility index (Phi) is 8.84. The zero-order valence-corrected chi connectivity index (χ0v) is 31.1. The highest BCUT2D eigenvalue weighted by Gasteiger charge is 2.54. The van der Waals surface area contributed by atoms with Gasteiger partial charge >= 0.3 is 11.9 Å². The highest BCUT2D eigenvalue weighted by Crippen LogP contribution is 2.57. The molecule has 2 saturated heterocycles. The lowest BCUT2D eigenvalue weighted by molar-refractivity contribution is -0.153. The molecule has 4 aromatic rings. The second-order valence-electron chi connectivity index (χ2n) is 13.8. The first-order valence-electron chi connectivity index (χ1n) is 17.4. The second kappa shape index (κ2) is 13.2. The molecule has 4 aromatic carbocycles. The molecule has 0 saturated carbocycles. The van der Waals surface area contributed by atoms with Crippen molar-refractivity contribution < 1.29 is 23.9 Å². The molecule has 0 amide bonds. The fourth-order valence-electron chi connectivity index (χ4n) is 8.06. The van der Waals surface area contributed by atoms with Gasteiger partial charge in [-0.3, -0.25) is 4.79 Å². The topological polar surface area (TPSA) is 69.7 Å². The van der Waals surface area contributed by atoms with Gasteiger partial charge in [0.15, 0.2) is 17.0 Å². The summed E-state index contributed by atoms with van der Waals surface area (Å²) in [6.45, 7) is 11.2. The van der Waals surface area contributed by atoms with Crippen molar-refractivity contribution in [3.8, 4) is 11.1 Å². The largest absolute Gasteiger partial charge is 0.445 e. The Balaban J connectivity index is 1.29. The molecular weight excluding hydrogens is 693 g/mol. The molecule has 0 N–H and O–H groups in total. The van der Waals surface area contributed by atoms with Crippen molar-refractivity contribution in [2.45, 2.75) is 71.0 Å². The smallest absolute Gasteiger partial charge is 0.334 e. The van der Waals surface area contributed by atoms with Crippen LogP contribution >= 0.6 is 35.3 Å². The Morgan fingerprint density at radius 1 is 0.647 bits per heavy atom. The van der Waals surface area contributed by atoms with Gasteiger partial charge in [0.2, 0.25) is 0 Å². The van der Waals surface area contributed by atoms with Crippen molar-refractivity contribution in [3.05, 3.63) is 143 Å². The lowest BCUT2D eigenvalue weighted by Gasteiger charge is -2.43. The predicted molar refractivity (Wildman–Crippen MR) is 207 cm³/mol. The second-order valence-corrected chi connectivity index (χ2v) is 17.5. The zero-order chi connectivity index (χ0) is 35.5. The molecule has 0 aromatic heterocycles. The Hall–Kier alpha value is -3.98. The molecule has 0 bridgehead atoms. The maximum atomic E-state index is 14.3. The van der Waals surface area contributed by atoms with Crippen molar-refractivity contribution in [2.75, 3.05) is 11.5 Å². The molecule has 4 aliphatic rings. The number of thioether (sulfide) groups is 2.